The van der Waals surface area contributed by atoms with Crippen molar-refractivity contribution in [1.29, 1.82) is 0 Å². The number of pyridine rings is 2. The van der Waals surface area contributed by atoms with Crippen molar-refractivity contribution >= 4 is 28.4 Å². The summed E-state index contributed by atoms with van der Waals surface area (Å²) in [6.45, 7) is 6.15. The fourth-order valence-electron chi connectivity index (χ4n) is 3.66. The van der Waals surface area contributed by atoms with E-state index in [0.29, 0.717) is 16.5 Å². The van der Waals surface area contributed by atoms with Crippen LogP contribution in [0.2, 0.25) is 5.02 Å². The van der Waals surface area contributed by atoms with Crippen LogP contribution in [-0.2, 0) is 25.0 Å². The summed E-state index contributed by atoms with van der Waals surface area (Å²) >= 11 is 6.47. The minimum absolute atomic E-state index is 0.0416. The van der Waals surface area contributed by atoms with Gasteiger partial charge in [0, 0.05) is 47.6 Å². The van der Waals surface area contributed by atoms with Crippen molar-refractivity contribution in [2.75, 3.05) is 0 Å². The zero-order chi connectivity index (χ0) is 23.5. The normalized spacial score (nSPS) is 11.2. The zero-order valence-corrected chi connectivity index (χ0v) is 19.8. The highest BCUT2D eigenvalue weighted by molar-refractivity contribution is 6.31. The van der Waals surface area contributed by atoms with E-state index in [4.69, 9.17) is 21.3 Å². The van der Waals surface area contributed by atoms with E-state index in [9.17, 15) is 4.79 Å². The Kier molecular flexibility index (Phi) is 6.60. The number of aryl methyl sites for hydroxylation is 2. The molecule has 0 unspecified atom stereocenters. The number of rotatable bonds is 7. The SMILES string of the molecule is Cc1cc(-c2ccnn2C)c2cccc(OCc3c(Cl)ccnc3CNC(=O)C(C)C)c2n1. The first-order chi connectivity index (χ1) is 15.8. The Balaban J connectivity index is 1.66. The molecular formula is C25H26ClN5O2. The molecule has 0 saturated carbocycles. The van der Waals surface area contributed by atoms with Crippen LogP contribution in [-0.4, -0.2) is 25.7 Å². The summed E-state index contributed by atoms with van der Waals surface area (Å²) < 4.78 is 8.06. The number of para-hydroxylation sites is 1. The lowest BCUT2D eigenvalue weighted by atomic mass is 10.0. The Morgan fingerprint density at radius 3 is 2.76 bits per heavy atom. The van der Waals surface area contributed by atoms with E-state index in [1.54, 1.807) is 18.5 Å². The van der Waals surface area contributed by atoms with Crippen molar-refractivity contribution in [3.63, 3.8) is 0 Å². The van der Waals surface area contributed by atoms with Crippen molar-refractivity contribution in [3.05, 3.63) is 70.8 Å². The summed E-state index contributed by atoms with van der Waals surface area (Å²) in [6.07, 6.45) is 3.41. The average Bonchev–Trinajstić information content (AvgIpc) is 3.21. The highest BCUT2D eigenvalue weighted by Crippen LogP contribution is 2.33. The van der Waals surface area contributed by atoms with Gasteiger partial charge < -0.3 is 10.1 Å². The average molecular weight is 464 g/mol. The first-order valence-corrected chi connectivity index (χ1v) is 11.1. The molecule has 1 aromatic carbocycles. The second-order valence-electron chi connectivity index (χ2n) is 8.18. The van der Waals surface area contributed by atoms with Gasteiger partial charge in [0.2, 0.25) is 5.91 Å². The van der Waals surface area contributed by atoms with Crippen LogP contribution in [0.25, 0.3) is 22.2 Å². The standard InChI is InChI=1S/C25H26ClN5O2/c1-15(2)25(32)28-13-21-19(20(26)8-10-27-21)14-33-23-7-5-6-17-18(12-16(3)30-24(17)23)22-9-11-29-31(22)4/h5-12,15H,13-14H2,1-4H3,(H,28,32). The molecule has 0 aliphatic carbocycles. The van der Waals surface area contributed by atoms with Crippen molar-refractivity contribution in [2.24, 2.45) is 13.0 Å². The van der Waals surface area contributed by atoms with Crippen molar-refractivity contribution in [1.82, 2.24) is 25.1 Å². The van der Waals surface area contributed by atoms with Crippen LogP contribution in [0.4, 0.5) is 0 Å². The molecule has 0 radical (unpaired) electrons. The Morgan fingerprint density at radius 1 is 1.21 bits per heavy atom. The number of ether oxygens (including phenoxy) is 1. The minimum atomic E-state index is -0.109. The number of hydrogen-bond acceptors (Lipinski definition) is 5. The smallest absolute Gasteiger partial charge is 0.222 e. The molecule has 1 N–H and O–H groups in total. The number of carbonyl (C=O) groups is 1. The van der Waals surface area contributed by atoms with E-state index in [2.05, 4.69) is 21.5 Å². The van der Waals surface area contributed by atoms with Crippen LogP contribution < -0.4 is 10.1 Å². The number of fused-ring (bicyclic) bond motifs is 1. The maximum Gasteiger partial charge on any atom is 0.222 e. The predicted molar refractivity (Wildman–Crippen MR) is 129 cm³/mol. The van der Waals surface area contributed by atoms with Crippen molar-refractivity contribution in [3.8, 4) is 17.0 Å². The van der Waals surface area contributed by atoms with E-state index in [-0.39, 0.29) is 25.0 Å². The van der Waals surface area contributed by atoms with Crippen LogP contribution in [0.1, 0.15) is 30.8 Å². The van der Waals surface area contributed by atoms with Gasteiger partial charge in [-0.1, -0.05) is 37.6 Å². The van der Waals surface area contributed by atoms with Crippen LogP contribution in [0.15, 0.2) is 48.8 Å². The molecular weight excluding hydrogens is 438 g/mol. The monoisotopic (exact) mass is 463 g/mol. The van der Waals surface area contributed by atoms with Gasteiger partial charge in [0.15, 0.2) is 0 Å². The summed E-state index contributed by atoms with van der Waals surface area (Å²) in [6, 6.07) is 11.6. The molecule has 33 heavy (non-hydrogen) atoms. The highest BCUT2D eigenvalue weighted by Gasteiger charge is 2.16. The van der Waals surface area contributed by atoms with Crippen LogP contribution in [0, 0.1) is 12.8 Å². The quantitative estimate of drug-likeness (QED) is 0.424. The molecule has 0 aliphatic rings. The Morgan fingerprint density at radius 2 is 2.03 bits per heavy atom. The van der Waals surface area contributed by atoms with Crippen molar-refractivity contribution in [2.45, 2.75) is 33.9 Å². The van der Waals surface area contributed by atoms with Gasteiger partial charge in [-0.05, 0) is 31.2 Å². The lowest BCUT2D eigenvalue weighted by molar-refractivity contribution is -0.124. The molecule has 0 aliphatic heterocycles. The summed E-state index contributed by atoms with van der Waals surface area (Å²) in [5.41, 5.74) is 5.10. The second kappa shape index (κ2) is 9.58. The molecule has 0 bridgehead atoms. The molecule has 3 heterocycles. The van der Waals surface area contributed by atoms with E-state index in [1.165, 1.54) is 0 Å². The third kappa shape index (κ3) is 4.83. The summed E-state index contributed by atoms with van der Waals surface area (Å²) in [4.78, 5) is 21.2. The summed E-state index contributed by atoms with van der Waals surface area (Å²) in [7, 11) is 1.92. The predicted octanol–water partition coefficient (Wildman–Crippen LogP) is 4.84. The molecule has 1 amide bonds. The van der Waals surface area contributed by atoms with Gasteiger partial charge >= 0.3 is 0 Å². The Hall–Kier alpha value is -3.45. The molecule has 0 saturated heterocycles. The van der Waals surface area contributed by atoms with E-state index < -0.39 is 0 Å². The number of nitrogens with zero attached hydrogens (tertiary/aromatic N) is 4. The molecule has 0 fully saturated rings. The van der Waals surface area contributed by atoms with Gasteiger partial charge in [0.1, 0.15) is 17.9 Å². The molecule has 0 spiro atoms. The zero-order valence-electron chi connectivity index (χ0n) is 19.1. The third-order valence-corrected chi connectivity index (χ3v) is 5.80. The maximum absolute atomic E-state index is 12.0. The summed E-state index contributed by atoms with van der Waals surface area (Å²) in [5.74, 6) is 0.499. The van der Waals surface area contributed by atoms with Crippen LogP contribution in [0.3, 0.4) is 0 Å². The van der Waals surface area contributed by atoms with Gasteiger partial charge in [-0.25, -0.2) is 4.98 Å². The molecule has 4 aromatic rings. The highest BCUT2D eigenvalue weighted by atomic mass is 35.5. The lowest BCUT2D eigenvalue weighted by Gasteiger charge is -2.15. The van der Waals surface area contributed by atoms with E-state index in [1.807, 2.05) is 56.8 Å². The fraction of sp³-hybridized carbons (Fsp3) is 0.280. The molecule has 170 valence electrons. The third-order valence-electron chi connectivity index (χ3n) is 5.44. The number of halogens is 1. The number of carbonyl (C=O) groups excluding carboxylic acids is 1. The largest absolute Gasteiger partial charge is 0.486 e. The van der Waals surface area contributed by atoms with Gasteiger partial charge in [0.05, 0.1) is 23.0 Å². The second-order valence-corrected chi connectivity index (χ2v) is 8.59. The van der Waals surface area contributed by atoms with Crippen molar-refractivity contribution < 1.29 is 9.53 Å². The number of nitrogens with one attached hydrogen (secondary N) is 1. The van der Waals surface area contributed by atoms with Gasteiger partial charge in [0.25, 0.3) is 0 Å². The van der Waals surface area contributed by atoms with E-state index in [0.717, 1.165) is 33.4 Å². The van der Waals surface area contributed by atoms with E-state index >= 15 is 0 Å². The molecule has 3 aromatic heterocycles. The summed E-state index contributed by atoms with van der Waals surface area (Å²) in [5, 5.41) is 8.71. The lowest BCUT2D eigenvalue weighted by Crippen LogP contribution is -2.28. The molecule has 8 heteroatoms. The van der Waals surface area contributed by atoms with Gasteiger partial charge in [-0.2, -0.15) is 5.10 Å². The molecule has 7 nitrogen and oxygen atoms in total. The van der Waals surface area contributed by atoms with Crippen LogP contribution >= 0.6 is 11.6 Å². The molecule has 4 rings (SSSR count). The first-order valence-electron chi connectivity index (χ1n) is 10.8. The minimum Gasteiger partial charge on any atom is -0.486 e. The first kappa shape index (κ1) is 22.7. The molecule has 0 atom stereocenters. The number of benzene rings is 1. The Bertz CT molecular complexity index is 1320. The maximum atomic E-state index is 12.0. The Labute approximate surface area is 197 Å². The van der Waals surface area contributed by atoms with Gasteiger partial charge in [-0.15, -0.1) is 0 Å². The fourth-order valence-corrected chi connectivity index (χ4v) is 3.88. The van der Waals surface area contributed by atoms with Crippen LogP contribution in [0.5, 0.6) is 5.75 Å². The number of aromatic nitrogens is 4. The number of hydrogen-bond donors (Lipinski definition) is 1. The number of amides is 1. The topological polar surface area (TPSA) is 81.9 Å². The van der Waals surface area contributed by atoms with Gasteiger partial charge in [-0.3, -0.25) is 14.5 Å².